The van der Waals surface area contributed by atoms with Crippen LogP contribution in [0.25, 0.3) is 5.52 Å². The number of fused-ring (bicyclic) bond motifs is 1. The first-order valence-electron chi connectivity index (χ1n) is 4.23. The SMILES string of the molecule is CC(C)(C)c1ncc2cnncn12. The van der Waals surface area contributed by atoms with Crippen molar-refractivity contribution in [2.75, 3.05) is 0 Å². The Morgan fingerprint density at radius 3 is 2.62 bits per heavy atom. The number of aromatic nitrogens is 4. The standard InChI is InChI=1S/C9H12N4/c1-9(2,3)8-10-4-7-5-11-12-6-13(7)8/h4-6H,1-3H3. The van der Waals surface area contributed by atoms with Crippen LogP contribution in [0.15, 0.2) is 18.7 Å². The number of hydrogen-bond donors (Lipinski definition) is 0. The van der Waals surface area contributed by atoms with E-state index in [0.717, 1.165) is 11.3 Å². The summed E-state index contributed by atoms with van der Waals surface area (Å²) in [6.07, 6.45) is 5.22. The van der Waals surface area contributed by atoms with Crippen LogP contribution in [0, 0.1) is 0 Å². The van der Waals surface area contributed by atoms with Crippen molar-refractivity contribution in [1.82, 2.24) is 19.6 Å². The van der Waals surface area contributed by atoms with E-state index in [1.54, 1.807) is 12.5 Å². The lowest BCUT2D eigenvalue weighted by molar-refractivity contribution is 0.540. The Morgan fingerprint density at radius 1 is 1.15 bits per heavy atom. The van der Waals surface area contributed by atoms with Gasteiger partial charge in [-0.05, 0) is 0 Å². The van der Waals surface area contributed by atoms with Gasteiger partial charge in [-0.2, -0.15) is 5.10 Å². The highest BCUT2D eigenvalue weighted by Gasteiger charge is 2.19. The van der Waals surface area contributed by atoms with Gasteiger partial charge in [-0.1, -0.05) is 20.8 Å². The number of rotatable bonds is 0. The highest BCUT2D eigenvalue weighted by molar-refractivity contribution is 5.43. The molecule has 0 aromatic carbocycles. The molecule has 2 aromatic heterocycles. The van der Waals surface area contributed by atoms with E-state index in [4.69, 9.17) is 0 Å². The Labute approximate surface area is 76.6 Å². The van der Waals surface area contributed by atoms with Crippen molar-refractivity contribution >= 4 is 5.52 Å². The minimum Gasteiger partial charge on any atom is -0.283 e. The topological polar surface area (TPSA) is 43.1 Å². The Bertz CT molecular complexity index is 424. The van der Waals surface area contributed by atoms with Gasteiger partial charge < -0.3 is 0 Å². The maximum atomic E-state index is 4.35. The smallest absolute Gasteiger partial charge is 0.124 e. The van der Waals surface area contributed by atoms with Crippen LogP contribution >= 0.6 is 0 Å². The molecule has 0 aliphatic rings. The van der Waals surface area contributed by atoms with Gasteiger partial charge in [-0.3, -0.25) is 4.40 Å². The van der Waals surface area contributed by atoms with Gasteiger partial charge in [-0.15, -0.1) is 5.10 Å². The third-order valence-corrected chi connectivity index (χ3v) is 1.92. The molecule has 0 bridgehead atoms. The zero-order valence-corrected chi connectivity index (χ0v) is 8.02. The summed E-state index contributed by atoms with van der Waals surface area (Å²) >= 11 is 0. The molecule has 2 heterocycles. The van der Waals surface area contributed by atoms with Crippen molar-refractivity contribution < 1.29 is 0 Å². The second-order valence-electron chi connectivity index (χ2n) is 4.10. The second-order valence-corrected chi connectivity index (χ2v) is 4.10. The molecule has 2 rings (SSSR count). The van der Waals surface area contributed by atoms with E-state index in [2.05, 4.69) is 36.0 Å². The molecule has 0 fully saturated rings. The van der Waals surface area contributed by atoms with Crippen LogP contribution in [-0.4, -0.2) is 19.6 Å². The van der Waals surface area contributed by atoms with Gasteiger partial charge in [0.2, 0.25) is 0 Å². The van der Waals surface area contributed by atoms with Gasteiger partial charge in [0.05, 0.1) is 17.9 Å². The molecule has 13 heavy (non-hydrogen) atoms. The maximum Gasteiger partial charge on any atom is 0.124 e. The molecule has 0 N–H and O–H groups in total. The quantitative estimate of drug-likeness (QED) is 0.609. The van der Waals surface area contributed by atoms with Gasteiger partial charge in [0, 0.05) is 5.41 Å². The van der Waals surface area contributed by atoms with Crippen molar-refractivity contribution in [3.63, 3.8) is 0 Å². The van der Waals surface area contributed by atoms with E-state index in [1.165, 1.54) is 0 Å². The number of hydrogen-bond acceptors (Lipinski definition) is 3. The normalized spacial score (nSPS) is 12.2. The first kappa shape index (κ1) is 8.16. The average Bonchev–Trinajstić information content (AvgIpc) is 2.45. The van der Waals surface area contributed by atoms with Crippen LogP contribution in [0.3, 0.4) is 0 Å². The van der Waals surface area contributed by atoms with Crippen LogP contribution in [0.4, 0.5) is 0 Å². The fourth-order valence-corrected chi connectivity index (χ4v) is 1.32. The summed E-state index contributed by atoms with van der Waals surface area (Å²) < 4.78 is 1.97. The summed E-state index contributed by atoms with van der Waals surface area (Å²) in [5.74, 6) is 1.01. The highest BCUT2D eigenvalue weighted by Crippen LogP contribution is 2.20. The molecule has 0 saturated heterocycles. The van der Waals surface area contributed by atoms with Gasteiger partial charge in [0.1, 0.15) is 12.2 Å². The summed E-state index contributed by atoms with van der Waals surface area (Å²) in [7, 11) is 0. The minimum atomic E-state index is 0.0372. The van der Waals surface area contributed by atoms with Crippen molar-refractivity contribution in [3.05, 3.63) is 24.5 Å². The van der Waals surface area contributed by atoms with E-state index in [9.17, 15) is 0 Å². The van der Waals surface area contributed by atoms with Crippen LogP contribution in [0.5, 0.6) is 0 Å². The number of nitrogens with zero attached hydrogens (tertiary/aromatic N) is 4. The summed E-state index contributed by atoms with van der Waals surface area (Å²) in [5, 5.41) is 7.63. The Kier molecular flexibility index (Phi) is 1.58. The van der Waals surface area contributed by atoms with Crippen molar-refractivity contribution in [1.29, 1.82) is 0 Å². The molecule has 4 heteroatoms. The molecule has 0 radical (unpaired) electrons. The monoisotopic (exact) mass is 176 g/mol. The largest absolute Gasteiger partial charge is 0.283 e. The lowest BCUT2D eigenvalue weighted by Crippen LogP contribution is -2.15. The van der Waals surface area contributed by atoms with Gasteiger partial charge in [0.15, 0.2) is 0 Å². The lowest BCUT2D eigenvalue weighted by Gasteiger charge is -2.15. The van der Waals surface area contributed by atoms with Crippen LogP contribution in [0.1, 0.15) is 26.6 Å². The molecule has 0 atom stereocenters. The molecular formula is C9H12N4. The molecule has 4 nitrogen and oxygen atoms in total. The second kappa shape index (κ2) is 2.52. The van der Waals surface area contributed by atoms with E-state index in [1.807, 2.05) is 10.6 Å². The molecule has 0 unspecified atom stereocenters. The molecular weight excluding hydrogens is 164 g/mol. The van der Waals surface area contributed by atoms with Crippen molar-refractivity contribution in [2.24, 2.45) is 0 Å². The molecule has 0 aliphatic carbocycles. The lowest BCUT2D eigenvalue weighted by atomic mass is 9.96. The van der Waals surface area contributed by atoms with E-state index in [0.29, 0.717) is 0 Å². The molecule has 0 saturated carbocycles. The molecule has 68 valence electrons. The van der Waals surface area contributed by atoms with E-state index >= 15 is 0 Å². The average molecular weight is 176 g/mol. The predicted octanol–water partition coefficient (Wildman–Crippen LogP) is 1.42. The Hall–Kier alpha value is -1.45. The van der Waals surface area contributed by atoms with E-state index in [-0.39, 0.29) is 5.41 Å². The third-order valence-electron chi connectivity index (χ3n) is 1.92. The summed E-state index contributed by atoms with van der Waals surface area (Å²) in [6.45, 7) is 6.38. The highest BCUT2D eigenvalue weighted by atomic mass is 15.2. The van der Waals surface area contributed by atoms with Crippen LogP contribution in [-0.2, 0) is 5.41 Å². The zero-order chi connectivity index (χ0) is 9.47. The fourth-order valence-electron chi connectivity index (χ4n) is 1.32. The molecule has 0 aliphatic heterocycles. The summed E-state index contributed by atoms with van der Waals surface area (Å²) in [4.78, 5) is 4.35. The maximum absolute atomic E-state index is 4.35. The Balaban J connectivity index is 2.72. The number of imidazole rings is 1. The molecule has 0 amide bonds. The van der Waals surface area contributed by atoms with E-state index < -0.39 is 0 Å². The van der Waals surface area contributed by atoms with Crippen molar-refractivity contribution in [2.45, 2.75) is 26.2 Å². The minimum absolute atomic E-state index is 0.0372. The molecule has 2 aromatic rings. The third kappa shape index (κ3) is 1.28. The predicted molar refractivity (Wildman–Crippen MR) is 49.5 cm³/mol. The van der Waals surface area contributed by atoms with Crippen LogP contribution < -0.4 is 0 Å². The van der Waals surface area contributed by atoms with Crippen molar-refractivity contribution in [3.8, 4) is 0 Å². The first-order chi connectivity index (χ1) is 6.09. The fraction of sp³-hybridized carbons (Fsp3) is 0.444. The molecule has 0 spiro atoms. The van der Waals surface area contributed by atoms with Gasteiger partial charge in [-0.25, -0.2) is 4.98 Å². The van der Waals surface area contributed by atoms with Gasteiger partial charge >= 0.3 is 0 Å². The first-order valence-corrected chi connectivity index (χ1v) is 4.23. The zero-order valence-electron chi connectivity index (χ0n) is 8.02. The summed E-state index contributed by atoms with van der Waals surface area (Å²) in [6, 6.07) is 0. The van der Waals surface area contributed by atoms with Crippen LogP contribution in [0.2, 0.25) is 0 Å². The van der Waals surface area contributed by atoms with Gasteiger partial charge in [0.25, 0.3) is 0 Å². The summed E-state index contributed by atoms with van der Waals surface area (Å²) in [5.41, 5.74) is 1.02. The Morgan fingerprint density at radius 2 is 1.92 bits per heavy atom.